The van der Waals surface area contributed by atoms with E-state index in [0.29, 0.717) is 18.1 Å². The Morgan fingerprint density at radius 3 is 1.96 bits per heavy atom. The first-order chi connectivity index (χ1) is 12.5. The Labute approximate surface area is 156 Å². The average molecular weight is 374 g/mol. The second-order valence-corrected chi connectivity index (χ2v) is 9.14. The molecular weight excluding hydrogens is 346 g/mol. The Kier molecular flexibility index (Phi) is 6.12. The summed E-state index contributed by atoms with van der Waals surface area (Å²) in [5.74, 6) is 0.191. The van der Waals surface area contributed by atoms with Crippen LogP contribution in [-0.2, 0) is 14.6 Å². The molecular formula is C21H27NO3S. The molecule has 1 heterocycles. The maximum Gasteiger partial charge on any atom is 0.186 e. The largest absolute Gasteiger partial charge is 0.379 e. The molecule has 1 aliphatic heterocycles. The van der Waals surface area contributed by atoms with Gasteiger partial charge in [-0.3, -0.25) is 4.90 Å². The fourth-order valence-electron chi connectivity index (χ4n) is 3.80. The lowest BCUT2D eigenvalue weighted by atomic mass is 9.94. The van der Waals surface area contributed by atoms with E-state index >= 15 is 0 Å². The summed E-state index contributed by atoms with van der Waals surface area (Å²) in [6.07, 6.45) is 0. The first-order valence-corrected chi connectivity index (χ1v) is 10.7. The Balaban J connectivity index is 2.11. The van der Waals surface area contributed by atoms with Crippen LogP contribution in [0.25, 0.3) is 0 Å². The monoisotopic (exact) mass is 373 g/mol. The summed E-state index contributed by atoms with van der Waals surface area (Å²) in [6.45, 7) is 7.03. The molecule has 2 atom stereocenters. The quantitative estimate of drug-likeness (QED) is 0.777. The van der Waals surface area contributed by atoms with E-state index in [4.69, 9.17) is 4.74 Å². The van der Waals surface area contributed by atoms with Gasteiger partial charge in [-0.1, -0.05) is 62.4 Å². The number of ether oxygens (including phenoxy) is 1. The van der Waals surface area contributed by atoms with Crippen LogP contribution in [0, 0.1) is 5.92 Å². The maximum atomic E-state index is 13.7. The molecule has 0 N–H and O–H groups in total. The lowest BCUT2D eigenvalue weighted by molar-refractivity contribution is 0.00500. The number of sulfone groups is 1. The van der Waals surface area contributed by atoms with Crippen molar-refractivity contribution in [3.8, 4) is 0 Å². The van der Waals surface area contributed by atoms with Crippen LogP contribution in [0.15, 0.2) is 65.6 Å². The number of nitrogens with zero attached hydrogens (tertiary/aromatic N) is 1. The summed E-state index contributed by atoms with van der Waals surface area (Å²) in [6, 6.07) is 18.3. The molecule has 2 aromatic rings. The summed E-state index contributed by atoms with van der Waals surface area (Å²) in [7, 11) is -3.53. The van der Waals surface area contributed by atoms with E-state index in [2.05, 4.69) is 18.7 Å². The SMILES string of the molecule is CC(C)C(C(c1ccccc1)S(=O)(=O)c1ccccc1)N1CCOCC1. The zero-order valence-corrected chi connectivity index (χ0v) is 16.2. The number of benzene rings is 2. The number of hydrogen-bond donors (Lipinski definition) is 0. The van der Waals surface area contributed by atoms with Crippen LogP contribution in [0.2, 0.25) is 0 Å². The third kappa shape index (κ3) is 4.00. The summed E-state index contributed by atoms with van der Waals surface area (Å²) in [4.78, 5) is 2.67. The molecule has 0 amide bonds. The molecule has 140 valence electrons. The zero-order valence-electron chi connectivity index (χ0n) is 15.4. The normalized spacial score (nSPS) is 18.6. The van der Waals surface area contributed by atoms with Crippen molar-refractivity contribution in [2.75, 3.05) is 26.3 Å². The van der Waals surface area contributed by atoms with Crippen LogP contribution < -0.4 is 0 Å². The van der Waals surface area contributed by atoms with E-state index < -0.39 is 15.1 Å². The molecule has 2 unspecified atom stereocenters. The Bertz CT molecular complexity index is 785. The van der Waals surface area contributed by atoms with Crippen molar-refractivity contribution in [3.05, 3.63) is 66.2 Å². The van der Waals surface area contributed by atoms with Crippen LogP contribution in [0.1, 0.15) is 24.7 Å². The van der Waals surface area contributed by atoms with Gasteiger partial charge in [-0.2, -0.15) is 0 Å². The Morgan fingerprint density at radius 1 is 0.885 bits per heavy atom. The minimum Gasteiger partial charge on any atom is -0.379 e. The first kappa shape index (κ1) is 19.1. The van der Waals surface area contributed by atoms with Crippen molar-refractivity contribution < 1.29 is 13.2 Å². The molecule has 0 bridgehead atoms. The molecule has 26 heavy (non-hydrogen) atoms. The maximum absolute atomic E-state index is 13.7. The van der Waals surface area contributed by atoms with Gasteiger partial charge in [0, 0.05) is 19.1 Å². The molecule has 0 aromatic heterocycles. The van der Waals surface area contributed by atoms with Gasteiger partial charge in [-0.05, 0) is 23.6 Å². The fraction of sp³-hybridized carbons (Fsp3) is 0.429. The minimum absolute atomic E-state index is 0.105. The summed E-state index contributed by atoms with van der Waals surface area (Å²) >= 11 is 0. The Hall–Kier alpha value is -1.69. The molecule has 0 radical (unpaired) electrons. The van der Waals surface area contributed by atoms with Crippen LogP contribution >= 0.6 is 0 Å². The number of morpholine rings is 1. The van der Waals surface area contributed by atoms with Crippen LogP contribution in [0.3, 0.4) is 0 Å². The molecule has 0 aliphatic carbocycles. The van der Waals surface area contributed by atoms with E-state index in [9.17, 15) is 8.42 Å². The summed E-state index contributed by atoms with van der Waals surface area (Å²) < 4.78 is 32.8. The average Bonchev–Trinajstić information content (AvgIpc) is 2.67. The molecule has 1 aliphatic rings. The smallest absolute Gasteiger partial charge is 0.186 e. The predicted octanol–water partition coefficient (Wildman–Crippen LogP) is 3.56. The van der Waals surface area contributed by atoms with Crippen molar-refractivity contribution in [2.45, 2.75) is 30.0 Å². The highest BCUT2D eigenvalue weighted by Gasteiger charge is 2.41. The van der Waals surface area contributed by atoms with Gasteiger partial charge in [0.2, 0.25) is 0 Å². The third-order valence-corrected chi connectivity index (χ3v) is 7.14. The lowest BCUT2D eigenvalue weighted by Crippen LogP contribution is -2.50. The Morgan fingerprint density at radius 2 is 1.42 bits per heavy atom. The van der Waals surface area contributed by atoms with Crippen molar-refractivity contribution in [1.29, 1.82) is 0 Å². The van der Waals surface area contributed by atoms with Gasteiger partial charge in [0.05, 0.1) is 18.1 Å². The second kappa shape index (κ2) is 8.33. The number of hydrogen-bond acceptors (Lipinski definition) is 4. The van der Waals surface area contributed by atoms with Crippen LogP contribution in [-0.4, -0.2) is 45.7 Å². The highest BCUT2D eigenvalue weighted by Crippen LogP contribution is 2.37. The van der Waals surface area contributed by atoms with E-state index in [-0.39, 0.29) is 12.0 Å². The number of rotatable bonds is 6. The van der Waals surface area contributed by atoms with Crippen molar-refractivity contribution >= 4 is 9.84 Å². The highest BCUT2D eigenvalue weighted by atomic mass is 32.2. The molecule has 3 rings (SSSR count). The summed E-state index contributed by atoms with van der Waals surface area (Å²) in [5, 5.41) is -0.607. The molecule has 1 saturated heterocycles. The molecule has 0 spiro atoms. The predicted molar refractivity (Wildman–Crippen MR) is 104 cm³/mol. The topological polar surface area (TPSA) is 46.6 Å². The van der Waals surface area contributed by atoms with Crippen molar-refractivity contribution in [3.63, 3.8) is 0 Å². The van der Waals surface area contributed by atoms with Gasteiger partial charge < -0.3 is 4.74 Å². The minimum atomic E-state index is -3.53. The van der Waals surface area contributed by atoms with Crippen LogP contribution in [0.4, 0.5) is 0 Å². The fourth-order valence-corrected chi connectivity index (χ4v) is 6.00. The zero-order chi connectivity index (χ0) is 18.6. The molecule has 1 fully saturated rings. The van der Waals surface area contributed by atoms with Crippen molar-refractivity contribution in [1.82, 2.24) is 4.90 Å². The third-order valence-electron chi connectivity index (χ3n) is 4.99. The van der Waals surface area contributed by atoms with Crippen LogP contribution in [0.5, 0.6) is 0 Å². The highest BCUT2D eigenvalue weighted by molar-refractivity contribution is 7.91. The van der Waals surface area contributed by atoms with Gasteiger partial charge in [-0.25, -0.2) is 8.42 Å². The first-order valence-electron chi connectivity index (χ1n) is 9.17. The van der Waals surface area contributed by atoms with Gasteiger partial charge in [0.25, 0.3) is 0 Å². The molecule has 2 aromatic carbocycles. The van der Waals surface area contributed by atoms with E-state index in [1.165, 1.54) is 0 Å². The lowest BCUT2D eigenvalue weighted by Gasteiger charge is -2.41. The second-order valence-electron chi connectivity index (χ2n) is 7.07. The van der Waals surface area contributed by atoms with Crippen molar-refractivity contribution in [2.24, 2.45) is 5.92 Å². The van der Waals surface area contributed by atoms with Gasteiger partial charge in [0.1, 0.15) is 5.25 Å². The van der Waals surface area contributed by atoms with E-state index in [1.807, 2.05) is 36.4 Å². The van der Waals surface area contributed by atoms with E-state index in [0.717, 1.165) is 18.7 Å². The van der Waals surface area contributed by atoms with Gasteiger partial charge >= 0.3 is 0 Å². The van der Waals surface area contributed by atoms with Gasteiger partial charge in [0.15, 0.2) is 9.84 Å². The molecule has 0 saturated carbocycles. The van der Waals surface area contributed by atoms with Gasteiger partial charge in [-0.15, -0.1) is 0 Å². The molecule has 5 heteroatoms. The standard InChI is InChI=1S/C21H27NO3S/c1-17(2)20(22-13-15-25-16-14-22)21(18-9-5-3-6-10-18)26(23,24)19-11-7-4-8-12-19/h3-12,17,20-21H,13-16H2,1-2H3. The molecule has 4 nitrogen and oxygen atoms in total. The summed E-state index contributed by atoms with van der Waals surface area (Å²) in [5.41, 5.74) is 0.849. The van der Waals surface area contributed by atoms with E-state index in [1.54, 1.807) is 24.3 Å².